The van der Waals surface area contributed by atoms with Crippen LogP contribution in [-0.4, -0.2) is 25.0 Å². The predicted octanol–water partition coefficient (Wildman–Crippen LogP) is 3.49. The van der Waals surface area contributed by atoms with Crippen molar-refractivity contribution in [2.24, 2.45) is 17.3 Å². The summed E-state index contributed by atoms with van der Waals surface area (Å²) in [4.78, 5) is 12.8. The van der Waals surface area contributed by atoms with E-state index in [-0.39, 0.29) is 11.3 Å². The number of carbonyl (C=O) groups is 1. The molecule has 1 saturated heterocycles. The molecule has 122 valence electrons. The first kappa shape index (κ1) is 16.8. The minimum Gasteiger partial charge on any atom is -0.353 e. The van der Waals surface area contributed by atoms with E-state index in [0.29, 0.717) is 17.9 Å². The van der Waals surface area contributed by atoms with Crippen LogP contribution < -0.4 is 10.6 Å². The average Bonchev–Trinajstić information content (AvgIpc) is 2.54. The molecule has 2 unspecified atom stereocenters. The van der Waals surface area contributed by atoms with Crippen molar-refractivity contribution in [3.05, 3.63) is 0 Å². The molecule has 21 heavy (non-hydrogen) atoms. The number of hydrogen-bond acceptors (Lipinski definition) is 2. The monoisotopic (exact) mass is 294 g/mol. The van der Waals surface area contributed by atoms with Crippen LogP contribution in [-0.2, 0) is 4.79 Å². The molecule has 2 rings (SSSR count). The number of amides is 1. The van der Waals surface area contributed by atoms with E-state index in [1.807, 2.05) is 0 Å². The number of rotatable bonds is 5. The molecule has 2 aliphatic rings. The predicted molar refractivity (Wildman–Crippen MR) is 88.2 cm³/mol. The van der Waals surface area contributed by atoms with E-state index in [9.17, 15) is 4.79 Å². The van der Waals surface area contributed by atoms with Gasteiger partial charge in [-0.15, -0.1) is 0 Å². The smallest absolute Gasteiger partial charge is 0.226 e. The van der Waals surface area contributed by atoms with Gasteiger partial charge in [-0.2, -0.15) is 0 Å². The Morgan fingerprint density at radius 3 is 2.48 bits per heavy atom. The second kappa shape index (κ2) is 7.62. The molecule has 0 radical (unpaired) electrons. The third kappa shape index (κ3) is 4.21. The van der Waals surface area contributed by atoms with E-state index in [0.717, 1.165) is 19.5 Å². The molecule has 1 aliphatic carbocycles. The van der Waals surface area contributed by atoms with E-state index >= 15 is 0 Å². The topological polar surface area (TPSA) is 41.1 Å². The molecule has 1 aliphatic heterocycles. The maximum Gasteiger partial charge on any atom is 0.226 e. The second-order valence-corrected chi connectivity index (χ2v) is 7.65. The SMILES string of the molecule is CCC(NC(=O)C(C)(C)C1CCCNC1)C1CCCCC1. The lowest BCUT2D eigenvalue weighted by Crippen LogP contribution is -2.51. The van der Waals surface area contributed by atoms with Crippen LogP contribution in [0.5, 0.6) is 0 Å². The normalized spacial score (nSPS) is 26.3. The van der Waals surface area contributed by atoms with E-state index in [2.05, 4.69) is 31.4 Å². The van der Waals surface area contributed by atoms with Gasteiger partial charge in [-0.1, -0.05) is 40.0 Å². The second-order valence-electron chi connectivity index (χ2n) is 7.65. The van der Waals surface area contributed by atoms with Crippen molar-refractivity contribution in [3.8, 4) is 0 Å². The third-order valence-corrected chi connectivity index (χ3v) is 5.88. The molecule has 0 aromatic heterocycles. The Labute approximate surface area is 130 Å². The van der Waals surface area contributed by atoms with E-state index in [1.165, 1.54) is 44.9 Å². The molecular weight excluding hydrogens is 260 g/mol. The highest BCUT2D eigenvalue weighted by atomic mass is 16.2. The summed E-state index contributed by atoms with van der Waals surface area (Å²) in [5.74, 6) is 1.44. The fourth-order valence-corrected chi connectivity index (χ4v) is 4.10. The Morgan fingerprint density at radius 2 is 1.90 bits per heavy atom. The Hall–Kier alpha value is -0.570. The number of nitrogens with one attached hydrogen (secondary N) is 2. The molecule has 0 spiro atoms. The van der Waals surface area contributed by atoms with Gasteiger partial charge in [-0.3, -0.25) is 4.79 Å². The quantitative estimate of drug-likeness (QED) is 0.815. The Bertz CT molecular complexity index is 328. The summed E-state index contributed by atoms with van der Waals surface area (Å²) >= 11 is 0. The molecule has 1 amide bonds. The van der Waals surface area contributed by atoms with Gasteiger partial charge in [0.05, 0.1) is 0 Å². The van der Waals surface area contributed by atoms with Crippen LogP contribution in [0, 0.1) is 17.3 Å². The molecule has 2 fully saturated rings. The van der Waals surface area contributed by atoms with E-state index in [1.54, 1.807) is 0 Å². The molecule has 0 bridgehead atoms. The van der Waals surface area contributed by atoms with Gasteiger partial charge in [0, 0.05) is 11.5 Å². The number of hydrogen-bond donors (Lipinski definition) is 2. The maximum absolute atomic E-state index is 12.8. The molecule has 1 heterocycles. The van der Waals surface area contributed by atoms with Crippen molar-refractivity contribution in [2.75, 3.05) is 13.1 Å². The summed E-state index contributed by atoms with van der Waals surface area (Å²) in [5, 5.41) is 6.85. The summed E-state index contributed by atoms with van der Waals surface area (Å²) < 4.78 is 0. The molecule has 2 N–H and O–H groups in total. The van der Waals surface area contributed by atoms with Crippen molar-refractivity contribution >= 4 is 5.91 Å². The van der Waals surface area contributed by atoms with Crippen molar-refractivity contribution in [3.63, 3.8) is 0 Å². The highest BCUT2D eigenvalue weighted by Crippen LogP contribution is 2.33. The molecule has 0 aromatic carbocycles. The lowest BCUT2D eigenvalue weighted by Gasteiger charge is -2.38. The summed E-state index contributed by atoms with van der Waals surface area (Å²) in [6, 6.07) is 0.383. The van der Waals surface area contributed by atoms with Crippen molar-refractivity contribution in [1.29, 1.82) is 0 Å². The van der Waals surface area contributed by atoms with Crippen LogP contribution in [0.1, 0.15) is 72.1 Å². The van der Waals surface area contributed by atoms with Gasteiger partial charge in [0.15, 0.2) is 0 Å². The van der Waals surface area contributed by atoms with Crippen molar-refractivity contribution in [1.82, 2.24) is 10.6 Å². The Balaban J connectivity index is 1.93. The van der Waals surface area contributed by atoms with Crippen molar-refractivity contribution < 1.29 is 4.79 Å². The standard InChI is InChI=1S/C18H34N2O/c1-4-16(14-9-6-5-7-10-14)20-17(21)18(2,3)15-11-8-12-19-13-15/h14-16,19H,4-13H2,1-3H3,(H,20,21). The van der Waals surface area contributed by atoms with Crippen LogP contribution in [0.3, 0.4) is 0 Å². The summed E-state index contributed by atoms with van der Waals surface area (Å²) in [6.07, 6.45) is 10.1. The summed E-state index contributed by atoms with van der Waals surface area (Å²) in [6.45, 7) is 8.57. The third-order valence-electron chi connectivity index (χ3n) is 5.88. The minimum absolute atomic E-state index is 0.254. The zero-order valence-corrected chi connectivity index (χ0v) is 14.2. The molecular formula is C18H34N2O. The first-order valence-corrected chi connectivity index (χ1v) is 9.07. The van der Waals surface area contributed by atoms with Crippen molar-refractivity contribution in [2.45, 2.75) is 78.2 Å². The first-order valence-electron chi connectivity index (χ1n) is 9.07. The van der Waals surface area contributed by atoms with Gasteiger partial charge in [0.1, 0.15) is 0 Å². The van der Waals surface area contributed by atoms with Gasteiger partial charge in [-0.05, 0) is 57.0 Å². The molecule has 3 nitrogen and oxygen atoms in total. The lowest BCUT2D eigenvalue weighted by atomic mass is 9.73. The Morgan fingerprint density at radius 1 is 1.19 bits per heavy atom. The molecule has 1 saturated carbocycles. The number of carbonyl (C=O) groups excluding carboxylic acids is 1. The van der Waals surface area contributed by atoms with Gasteiger partial charge in [0.25, 0.3) is 0 Å². The van der Waals surface area contributed by atoms with Gasteiger partial charge < -0.3 is 10.6 Å². The molecule has 2 atom stereocenters. The minimum atomic E-state index is -0.254. The van der Waals surface area contributed by atoms with Gasteiger partial charge in [0.2, 0.25) is 5.91 Å². The zero-order valence-electron chi connectivity index (χ0n) is 14.2. The highest BCUT2D eigenvalue weighted by Gasteiger charge is 2.38. The van der Waals surface area contributed by atoms with E-state index in [4.69, 9.17) is 0 Å². The van der Waals surface area contributed by atoms with Gasteiger partial charge in [-0.25, -0.2) is 0 Å². The van der Waals surface area contributed by atoms with Crippen LogP contribution in [0.25, 0.3) is 0 Å². The highest BCUT2D eigenvalue weighted by molar-refractivity contribution is 5.82. The molecule has 0 aromatic rings. The fourth-order valence-electron chi connectivity index (χ4n) is 4.10. The summed E-state index contributed by atoms with van der Waals surface area (Å²) in [7, 11) is 0. The fraction of sp³-hybridized carbons (Fsp3) is 0.944. The van der Waals surface area contributed by atoms with Crippen LogP contribution in [0.15, 0.2) is 0 Å². The van der Waals surface area contributed by atoms with Gasteiger partial charge >= 0.3 is 0 Å². The maximum atomic E-state index is 12.8. The van der Waals surface area contributed by atoms with Crippen LogP contribution in [0.4, 0.5) is 0 Å². The first-order chi connectivity index (χ1) is 10.1. The van der Waals surface area contributed by atoms with E-state index < -0.39 is 0 Å². The largest absolute Gasteiger partial charge is 0.353 e. The average molecular weight is 294 g/mol. The van der Waals surface area contributed by atoms with Crippen LogP contribution >= 0.6 is 0 Å². The number of piperidine rings is 1. The lowest BCUT2D eigenvalue weighted by molar-refractivity contribution is -0.133. The van der Waals surface area contributed by atoms with Crippen LogP contribution in [0.2, 0.25) is 0 Å². The summed E-state index contributed by atoms with van der Waals surface area (Å²) in [5.41, 5.74) is -0.254. The zero-order chi connectivity index (χ0) is 15.3. The molecule has 3 heteroatoms. The Kier molecular flexibility index (Phi) is 6.09.